The van der Waals surface area contributed by atoms with Gasteiger partial charge in [0.15, 0.2) is 4.80 Å². The number of benzene rings is 1. The van der Waals surface area contributed by atoms with Crippen molar-refractivity contribution < 1.29 is 9.32 Å². The molecule has 1 aromatic carbocycles. The molecule has 0 saturated heterocycles. The predicted octanol–water partition coefficient (Wildman–Crippen LogP) is 3.07. The van der Waals surface area contributed by atoms with Crippen molar-refractivity contribution in [1.82, 2.24) is 9.72 Å². The number of hydrogen-bond donors (Lipinski definition) is 0. The second kappa shape index (κ2) is 5.29. The molecule has 0 atom stereocenters. The minimum absolute atomic E-state index is 0.170. The van der Waals surface area contributed by atoms with Crippen LogP contribution in [0.25, 0.3) is 10.2 Å². The van der Waals surface area contributed by atoms with Crippen LogP contribution in [0.3, 0.4) is 0 Å². The third-order valence-electron chi connectivity index (χ3n) is 3.19. The van der Waals surface area contributed by atoms with Gasteiger partial charge < -0.3 is 9.09 Å². The van der Waals surface area contributed by atoms with Crippen LogP contribution in [0, 0.1) is 13.8 Å². The summed E-state index contributed by atoms with van der Waals surface area (Å²) in [7, 11) is 0. The van der Waals surface area contributed by atoms with Crippen molar-refractivity contribution >= 4 is 27.5 Å². The summed E-state index contributed by atoms with van der Waals surface area (Å²) in [6.07, 6.45) is 0. The summed E-state index contributed by atoms with van der Waals surface area (Å²) in [5, 5.41) is 3.72. The van der Waals surface area contributed by atoms with Crippen molar-refractivity contribution in [3.63, 3.8) is 0 Å². The molecule has 108 valence electrons. The lowest BCUT2D eigenvalue weighted by Gasteiger charge is -1.99. The standard InChI is InChI=1S/C15H15N3O2S/c1-4-18-11-6-5-9(2)7-13(11)21-15(18)16-14(19)12-8-10(3)17-20-12/h5-8H,4H2,1-3H3. The molecular weight excluding hydrogens is 286 g/mol. The van der Waals surface area contributed by atoms with E-state index in [1.54, 1.807) is 13.0 Å². The van der Waals surface area contributed by atoms with Crippen LogP contribution < -0.4 is 4.80 Å². The van der Waals surface area contributed by atoms with Crippen LogP contribution in [-0.2, 0) is 6.54 Å². The molecule has 0 N–H and O–H groups in total. The number of amides is 1. The van der Waals surface area contributed by atoms with E-state index < -0.39 is 5.91 Å². The van der Waals surface area contributed by atoms with Gasteiger partial charge in [-0.2, -0.15) is 4.99 Å². The molecule has 0 radical (unpaired) electrons. The van der Waals surface area contributed by atoms with Gasteiger partial charge in [-0.05, 0) is 38.5 Å². The average Bonchev–Trinajstić information content (AvgIpc) is 3.01. The summed E-state index contributed by atoms with van der Waals surface area (Å²) in [5.74, 6) is -0.232. The summed E-state index contributed by atoms with van der Waals surface area (Å²) in [4.78, 5) is 17.0. The number of carbonyl (C=O) groups is 1. The van der Waals surface area contributed by atoms with E-state index in [9.17, 15) is 4.79 Å². The zero-order valence-electron chi connectivity index (χ0n) is 12.1. The van der Waals surface area contributed by atoms with Crippen molar-refractivity contribution in [2.45, 2.75) is 27.3 Å². The Bertz CT molecular complexity index is 886. The van der Waals surface area contributed by atoms with E-state index in [2.05, 4.69) is 35.3 Å². The first kappa shape index (κ1) is 13.8. The van der Waals surface area contributed by atoms with Gasteiger partial charge in [-0.1, -0.05) is 22.6 Å². The molecule has 6 heteroatoms. The van der Waals surface area contributed by atoms with Gasteiger partial charge in [0.1, 0.15) is 0 Å². The maximum Gasteiger partial charge on any atom is 0.318 e. The number of hydrogen-bond acceptors (Lipinski definition) is 4. The van der Waals surface area contributed by atoms with Gasteiger partial charge in [-0.25, -0.2) is 0 Å². The third kappa shape index (κ3) is 2.54. The lowest BCUT2D eigenvalue weighted by Crippen LogP contribution is -2.15. The van der Waals surface area contributed by atoms with Crippen LogP contribution >= 0.6 is 11.3 Å². The average molecular weight is 301 g/mol. The van der Waals surface area contributed by atoms with E-state index >= 15 is 0 Å². The maximum atomic E-state index is 12.1. The first-order valence-electron chi connectivity index (χ1n) is 6.71. The Morgan fingerprint density at radius 2 is 2.19 bits per heavy atom. The number of rotatable bonds is 2. The molecule has 1 amide bonds. The van der Waals surface area contributed by atoms with Gasteiger partial charge in [0.2, 0.25) is 5.76 Å². The van der Waals surface area contributed by atoms with Crippen molar-refractivity contribution in [1.29, 1.82) is 0 Å². The maximum absolute atomic E-state index is 12.1. The third-order valence-corrected chi connectivity index (χ3v) is 4.23. The highest BCUT2D eigenvalue weighted by Gasteiger charge is 2.12. The Balaban J connectivity index is 2.15. The zero-order valence-corrected chi connectivity index (χ0v) is 12.9. The first-order chi connectivity index (χ1) is 10.1. The van der Waals surface area contributed by atoms with Crippen LogP contribution in [0.5, 0.6) is 0 Å². The van der Waals surface area contributed by atoms with E-state index in [4.69, 9.17) is 4.52 Å². The summed E-state index contributed by atoms with van der Waals surface area (Å²) >= 11 is 1.51. The molecule has 0 fully saturated rings. The van der Waals surface area contributed by atoms with Crippen molar-refractivity contribution in [2.75, 3.05) is 0 Å². The molecule has 5 nitrogen and oxygen atoms in total. The second-order valence-corrected chi connectivity index (χ2v) is 5.86. The number of aromatic nitrogens is 2. The number of nitrogens with zero attached hydrogens (tertiary/aromatic N) is 3. The highest BCUT2D eigenvalue weighted by Crippen LogP contribution is 2.19. The Morgan fingerprint density at radius 3 is 2.86 bits per heavy atom. The molecule has 0 saturated carbocycles. The fraction of sp³-hybridized carbons (Fsp3) is 0.267. The lowest BCUT2D eigenvalue weighted by molar-refractivity contribution is 0.0962. The van der Waals surface area contributed by atoms with Gasteiger partial charge in [-0.15, -0.1) is 0 Å². The molecule has 0 aliphatic rings. The Hall–Kier alpha value is -2.21. The minimum Gasteiger partial charge on any atom is -0.351 e. The van der Waals surface area contributed by atoms with Crippen molar-refractivity contribution in [3.05, 3.63) is 46.1 Å². The molecule has 2 aromatic heterocycles. The zero-order chi connectivity index (χ0) is 15.0. The van der Waals surface area contributed by atoms with Crippen molar-refractivity contribution in [3.8, 4) is 0 Å². The molecular formula is C15H15N3O2S. The molecule has 3 aromatic rings. The number of carbonyl (C=O) groups excluding carboxylic acids is 1. The smallest absolute Gasteiger partial charge is 0.318 e. The van der Waals surface area contributed by atoms with Crippen LogP contribution in [0.4, 0.5) is 0 Å². The monoisotopic (exact) mass is 301 g/mol. The van der Waals surface area contributed by atoms with E-state index in [-0.39, 0.29) is 5.76 Å². The predicted molar refractivity (Wildman–Crippen MR) is 81.4 cm³/mol. The highest BCUT2D eigenvalue weighted by molar-refractivity contribution is 7.16. The van der Waals surface area contributed by atoms with E-state index in [0.717, 1.165) is 16.8 Å². The van der Waals surface area contributed by atoms with Crippen LogP contribution in [0.2, 0.25) is 0 Å². The molecule has 0 spiro atoms. The lowest BCUT2D eigenvalue weighted by atomic mass is 10.2. The SMILES string of the molecule is CCn1c(=NC(=O)c2cc(C)no2)sc2cc(C)ccc21. The number of aryl methyl sites for hydroxylation is 3. The van der Waals surface area contributed by atoms with Gasteiger partial charge >= 0.3 is 5.91 Å². The highest BCUT2D eigenvalue weighted by atomic mass is 32.1. The first-order valence-corrected chi connectivity index (χ1v) is 7.52. The van der Waals surface area contributed by atoms with Gasteiger partial charge in [0, 0.05) is 12.6 Å². The van der Waals surface area contributed by atoms with Crippen LogP contribution in [0.1, 0.15) is 28.7 Å². The summed E-state index contributed by atoms with van der Waals surface area (Å²) in [5.41, 5.74) is 2.95. The summed E-state index contributed by atoms with van der Waals surface area (Å²) in [6.45, 7) is 6.61. The Kier molecular flexibility index (Phi) is 3.47. The largest absolute Gasteiger partial charge is 0.351 e. The second-order valence-electron chi connectivity index (χ2n) is 4.85. The molecule has 2 heterocycles. The summed E-state index contributed by atoms with van der Waals surface area (Å²) < 4.78 is 8.12. The van der Waals surface area contributed by atoms with Crippen LogP contribution in [0.15, 0.2) is 33.8 Å². The Morgan fingerprint density at radius 1 is 1.38 bits per heavy atom. The van der Waals surface area contributed by atoms with Crippen LogP contribution in [-0.4, -0.2) is 15.6 Å². The molecule has 21 heavy (non-hydrogen) atoms. The quantitative estimate of drug-likeness (QED) is 0.731. The molecule has 0 aliphatic heterocycles. The molecule has 0 unspecified atom stereocenters. The fourth-order valence-corrected chi connectivity index (χ4v) is 3.37. The molecule has 0 bridgehead atoms. The Labute approximate surface area is 125 Å². The van der Waals surface area contributed by atoms with E-state index in [1.807, 2.05) is 11.5 Å². The molecule has 0 aliphatic carbocycles. The molecule has 3 rings (SSSR count). The van der Waals surface area contributed by atoms with Gasteiger partial charge in [0.25, 0.3) is 0 Å². The van der Waals surface area contributed by atoms with Gasteiger partial charge in [-0.3, -0.25) is 4.79 Å². The minimum atomic E-state index is -0.402. The van der Waals surface area contributed by atoms with E-state index in [1.165, 1.54) is 16.9 Å². The van der Waals surface area contributed by atoms with Gasteiger partial charge in [0.05, 0.1) is 15.9 Å². The van der Waals surface area contributed by atoms with Crippen molar-refractivity contribution in [2.24, 2.45) is 4.99 Å². The topological polar surface area (TPSA) is 60.4 Å². The summed E-state index contributed by atoms with van der Waals surface area (Å²) in [6, 6.07) is 7.83. The van der Waals surface area contributed by atoms with E-state index in [0.29, 0.717) is 10.5 Å². The fourth-order valence-electron chi connectivity index (χ4n) is 2.18. The number of fused-ring (bicyclic) bond motifs is 1. The normalized spacial score (nSPS) is 12.2. The number of thiazole rings is 1.